The lowest BCUT2D eigenvalue weighted by molar-refractivity contribution is -0.112. The number of Topliss-reactive ketones (excluding diaryl/α,β-unsaturated/α-hetero) is 1. The molecular formula is C31H23ClN2O4. The summed E-state index contributed by atoms with van der Waals surface area (Å²) in [6.07, 6.45) is 1.74. The molecule has 0 atom stereocenters. The van der Waals surface area contributed by atoms with E-state index in [9.17, 15) is 14.4 Å². The molecule has 3 aromatic carbocycles. The van der Waals surface area contributed by atoms with Crippen LogP contribution >= 0.6 is 11.6 Å². The molecule has 0 aliphatic carbocycles. The minimum absolute atomic E-state index is 0.191. The third-order valence-corrected chi connectivity index (χ3v) is 6.32. The highest BCUT2D eigenvalue weighted by atomic mass is 35.5. The first kappa shape index (κ1) is 25.0. The predicted molar refractivity (Wildman–Crippen MR) is 148 cm³/mol. The van der Waals surface area contributed by atoms with Gasteiger partial charge in [0.15, 0.2) is 5.78 Å². The van der Waals surface area contributed by atoms with Crippen molar-refractivity contribution < 1.29 is 19.1 Å². The highest BCUT2D eigenvalue weighted by molar-refractivity contribution is 6.47. The Morgan fingerprint density at radius 2 is 1.61 bits per heavy atom. The molecule has 188 valence electrons. The van der Waals surface area contributed by atoms with E-state index in [4.69, 9.17) is 16.3 Å². The topological polar surface area (TPSA) is 76.9 Å². The number of nitrogens with one attached hydrogen (secondary N) is 1. The molecule has 0 aliphatic rings. The SMILES string of the molecule is CCOc1ccc(-c2cc3ccccn3c2C(=O)C(=O)Nc2ccc(Cl)cc2C(=O)c2ccccc2)cc1. The van der Waals surface area contributed by atoms with Crippen LogP contribution in [0, 0.1) is 0 Å². The van der Waals surface area contributed by atoms with E-state index in [1.54, 1.807) is 53.1 Å². The molecule has 0 fully saturated rings. The molecule has 0 unspecified atom stereocenters. The molecule has 2 heterocycles. The molecule has 0 spiro atoms. The van der Waals surface area contributed by atoms with Gasteiger partial charge in [-0.3, -0.25) is 14.4 Å². The van der Waals surface area contributed by atoms with E-state index >= 15 is 0 Å². The first-order chi connectivity index (χ1) is 18.5. The molecule has 7 heteroatoms. The lowest BCUT2D eigenvalue weighted by Crippen LogP contribution is -2.25. The largest absolute Gasteiger partial charge is 0.494 e. The van der Waals surface area contributed by atoms with Gasteiger partial charge in [0.25, 0.3) is 11.7 Å². The van der Waals surface area contributed by atoms with Gasteiger partial charge in [0.2, 0.25) is 0 Å². The van der Waals surface area contributed by atoms with E-state index in [1.165, 1.54) is 12.1 Å². The lowest BCUT2D eigenvalue weighted by atomic mass is 10.0. The number of pyridine rings is 1. The Hall–Kier alpha value is -4.68. The fourth-order valence-electron chi connectivity index (χ4n) is 4.32. The van der Waals surface area contributed by atoms with Crippen molar-refractivity contribution in [2.24, 2.45) is 0 Å². The Kier molecular flexibility index (Phi) is 7.07. The number of anilines is 1. The van der Waals surface area contributed by atoms with Gasteiger partial charge >= 0.3 is 0 Å². The summed E-state index contributed by atoms with van der Waals surface area (Å²) in [6, 6.07) is 27.9. The molecule has 1 N–H and O–H groups in total. The van der Waals surface area contributed by atoms with Gasteiger partial charge in [0.1, 0.15) is 11.4 Å². The van der Waals surface area contributed by atoms with Crippen LogP contribution in [-0.4, -0.2) is 28.5 Å². The number of ketones is 2. The summed E-state index contributed by atoms with van der Waals surface area (Å²) in [5, 5.41) is 2.98. The number of benzene rings is 3. The van der Waals surface area contributed by atoms with Crippen molar-refractivity contribution in [3.05, 3.63) is 125 Å². The maximum atomic E-state index is 13.6. The number of rotatable bonds is 8. The van der Waals surface area contributed by atoms with E-state index in [0.29, 0.717) is 28.5 Å². The van der Waals surface area contributed by atoms with Crippen molar-refractivity contribution in [2.45, 2.75) is 6.92 Å². The third-order valence-electron chi connectivity index (χ3n) is 6.09. The zero-order valence-electron chi connectivity index (χ0n) is 20.5. The van der Waals surface area contributed by atoms with Crippen LogP contribution in [0.25, 0.3) is 16.6 Å². The summed E-state index contributed by atoms with van der Waals surface area (Å²) in [6.45, 7) is 2.45. The van der Waals surface area contributed by atoms with E-state index < -0.39 is 11.7 Å². The molecular weight excluding hydrogens is 500 g/mol. The Balaban J connectivity index is 1.51. The average molecular weight is 523 g/mol. The van der Waals surface area contributed by atoms with E-state index in [-0.39, 0.29) is 22.7 Å². The smallest absolute Gasteiger partial charge is 0.298 e. The normalized spacial score (nSPS) is 10.8. The molecule has 38 heavy (non-hydrogen) atoms. The minimum Gasteiger partial charge on any atom is -0.494 e. The summed E-state index contributed by atoms with van der Waals surface area (Å²) in [4.78, 5) is 40.2. The Morgan fingerprint density at radius 3 is 2.34 bits per heavy atom. The molecule has 0 bridgehead atoms. The van der Waals surface area contributed by atoms with Crippen LogP contribution < -0.4 is 10.1 Å². The van der Waals surface area contributed by atoms with Gasteiger partial charge in [0.05, 0.1) is 12.3 Å². The van der Waals surface area contributed by atoms with Gasteiger partial charge < -0.3 is 14.5 Å². The monoisotopic (exact) mass is 522 g/mol. The summed E-state index contributed by atoms with van der Waals surface area (Å²) in [5.74, 6) is -1.22. The number of halogens is 1. The molecule has 2 aromatic heterocycles. The maximum absolute atomic E-state index is 13.6. The second-order valence-corrected chi connectivity index (χ2v) is 8.96. The van der Waals surface area contributed by atoms with E-state index in [0.717, 1.165) is 11.1 Å². The van der Waals surface area contributed by atoms with Gasteiger partial charge in [-0.1, -0.05) is 60.1 Å². The summed E-state index contributed by atoms with van der Waals surface area (Å²) in [7, 11) is 0. The van der Waals surface area contributed by atoms with Crippen molar-refractivity contribution >= 4 is 40.3 Å². The number of fused-ring (bicyclic) bond motifs is 1. The number of amides is 1. The minimum atomic E-state index is -0.870. The highest BCUT2D eigenvalue weighted by Crippen LogP contribution is 2.30. The fraction of sp³-hybridized carbons (Fsp3) is 0.0645. The Labute approximate surface area is 224 Å². The number of carbonyl (C=O) groups is 3. The van der Waals surface area contributed by atoms with Crippen LogP contribution in [0.1, 0.15) is 33.3 Å². The molecule has 5 aromatic rings. The van der Waals surface area contributed by atoms with Crippen molar-refractivity contribution in [3.63, 3.8) is 0 Å². The van der Waals surface area contributed by atoms with Gasteiger partial charge in [-0.05, 0) is 61.0 Å². The number of carbonyl (C=O) groups excluding carboxylic acids is 3. The predicted octanol–water partition coefficient (Wildman–Crippen LogP) is 6.71. The van der Waals surface area contributed by atoms with Crippen LogP contribution in [0.15, 0.2) is 103 Å². The molecule has 1 amide bonds. The van der Waals surface area contributed by atoms with Crippen molar-refractivity contribution in [1.82, 2.24) is 4.40 Å². The highest BCUT2D eigenvalue weighted by Gasteiger charge is 2.26. The van der Waals surface area contributed by atoms with Crippen molar-refractivity contribution in [2.75, 3.05) is 11.9 Å². The summed E-state index contributed by atoms with van der Waals surface area (Å²) >= 11 is 6.17. The van der Waals surface area contributed by atoms with E-state index in [1.807, 2.05) is 49.4 Å². The third kappa shape index (κ3) is 4.94. The van der Waals surface area contributed by atoms with Gasteiger partial charge in [-0.15, -0.1) is 0 Å². The molecule has 0 radical (unpaired) electrons. The first-order valence-electron chi connectivity index (χ1n) is 12.0. The number of hydrogen-bond donors (Lipinski definition) is 1. The molecule has 6 nitrogen and oxygen atoms in total. The standard InChI is InChI=1S/C31H23ClN2O4/c1-2-38-24-14-11-20(12-15-24)25-19-23-10-6-7-17-34(23)28(25)30(36)31(37)33-27-16-13-22(32)18-26(27)29(35)21-8-4-3-5-9-21/h3-19H,2H2,1H3,(H,33,37). The number of aromatic nitrogens is 1. The Bertz CT molecular complexity index is 1660. The van der Waals surface area contributed by atoms with E-state index in [2.05, 4.69) is 5.32 Å². The quantitative estimate of drug-likeness (QED) is 0.181. The number of nitrogens with zero attached hydrogens (tertiary/aromatic N) is 1. The van der Waals surface area contributed by atoms with Gasteiger partial charge in [-0.25, -0.2) is 0 Å². The first-order valence-corrected chi connectivity index (χ1v) is 12.4. The average Bonchev–Trinajstić information content (AvgIpc) is 3.34. The van der Waals surface area contributed by atoms with Crippen molar-refractivity contribution in [1.29, 1.82) is 0 Å². The van der Waals surface area contributed by atoms with Gasteiger partial charge in [0, 0.05) is 33.4 Å². The molecule has 0 saturated carbocycles. The molecule has 5 rings (SSSR count). The second-order valence-electron chi connectivity index (χ2n) is 8.53. The molecule has 0 aliphatic heterocycles. The lowest BCUT2D eigenvalue weighted by Gasteiger charge is -2.12. The number of hydrogen-bond acceptors (Lipinski definition) is 4. The van der Waals surface area contributed by atoms with Crippen LogP contribution in [0.4, 0.5) is 5.69 Å². The van der Waals surface area contributed by atoms with Crippen LogP contribution in [-0.2, 0) is 4.79 Å². The fourth-order valence-corrected chi connectivity index (χ4v) is 4.49. The maximum Gasteiger partial charge on any atom is 0.298 e. The van der Waals surface area contributed by atoms with Crippen LogP contribution in [0.2, 0.25) is 5.02 Å². The van der Waals surface area contributed by atoms with Crippen LogP contribution in [0.5, 0.6) is 5.75 Å². The second kappa shape index (κ2) is 10.7. The van der Waals surface area contributed by atoms with Crippen LogP contribution in [0.3, 0.4) is 0 Å². The zero-order chi connectivity index (χ0) is 26.6. The summed E-state index contributed by atoms with van der Waals surface area (Å²) in [5.41, 5.74) is 3.18. The summed E-state index contributed by atoms with van der Waals surface area (Å²) < 4.78 is 7.22. The zero-order valence-corrected chi connectivity index (χ0v) is 21.2. The number of ether oxygens (including phenoxy) is 1. The Morgan fingerprint density at radius 1 is 0.868 bits per heavy atom. The van der Waals surface area contributed by atoms with Gasteiger partial charge in [-0.2, -0.15) is 0 Å². The molecule has 0 saturated heterocycles. The van der Waals surface area contributed by atoms with Crippen molar-refractivity contribution in [3.8, 4) is 16.9 Å².